The van der Waals surface area contributed by atoms with Crippen molar-refractivity contribution in [1.29, 1.82) is 0 Å². The smallest absolute Gasteiger partial charge is 0.305 e. The summed E-state index contributed by atoms with van der Waals surface area (Å²) in [6.07, 6.45) is -0.191. The van der Waals surface area contributed by atoms with Crippen LogP contribution in [0, 0.1) is 0 Å². The predicted molar refractivity (Wildman–Crippen MR) is 53.9 cm³/mol. The van der Waals surface area contributed by atoms with Gasteiger partial charge in [-0.25, -0.2) is 0 Å². The van der Waals surface area contributed by atoms with Crippen molar-refractivity contribution in [1.82, 2.24) is 0 Å². The molecule has 0 heterocycles. The third-order valence-corrected chi connectivity index (χ3v) is 3.79. The van der Waals surface area contributed by atoms with Crippen molar-refractivity contribution in [2.45, 2.75) is 39.9 Å². The van der Waals surface area contributed by atoms with Crippen LogP contribution < -0.4 is 0 Å². The van der Waals surface area contributed by atoms with Crippen LogP contribution in [0.2, 0.25) is 0 Å². The molecule has 5 heteroatoms. The summed E-state index contributed by atoms with van der Waals surface area (Å²) in [5.41, 5.74) is 0.128. The summed E-state index contributed by atoms with van der Waals surface area (Å²) in [6, 6.07) is 0. The summed E-state index contributed by atoms with van der Waals surface area (Å²) in [5.74, 6) is 0. The fraction of sp³-hybridized carbons (Fsp3) is 1.00. The summed E-state index contributed by atoms with van der Waals surface area (Å²) in [7, 11) is -2.95. The lowest BCUT2D eigenvalue weighted by Crippen LogP contribution is -2.08. The number of hydrogen-bond acceptors (Lipinski definition) is 4. The molecule has 0 N–H and O–H groups in total. The van der Waals surface area contributed by atoms with Gasteiger partial charge in [0.1, 0.15) is 0 Å². The third-order valence-electron chi connectivity index (χ3n) is 0.916. The third kappa shape index (κ3) is 5.20. The van der Waals surface area contributed by atoms with Gasteiger partial charge in [-0.15, -0.1) is 0 Å². The highest BCUT2D eigenvalue weighted by molar-refractivity contribution is 7.88. The van der Waals surface area contributed by atoms with Crippen LogP contribution in [0.25, 0.3) is 0 Å². The van der Waals surface area contributed by atoms with Gasteiger partial charge in [0.15, 0.2) is 0 Å². The Morgan fingerprint density at radius 3 is 1.67 bits per heavy atom. The molecule has 0 aliphatic carbocycles. The van der Waals surface area contributed by atoms with Crippen molar-refractivity contribution in [2.24, 2.45) is 0 Å². The van der Waals surface area contributed by atoms with Gasteiger partial charge >= 0.3 is 7.60 Å². The van der Waals surface area contributed by atoms with Crippen LogP contribution in [0.15, 0.2) is 0 Å². The highest BCUT2D eigenvalue weighted by atomic mass is 32.1. The molecule has 0 aliphatic rings. The standard InChI is InChI=1S/C7H17O3PS/c1-6(2)9-11(8,5-12)10-7(3)4/h6-7,12H,5H2,1-4H3. The Morgan fingerprint density at radius 2 is 1.50 bits per heavy atom. The quantitative estimate of drug-likeness (QED) is 0.562. The van der Waals surface area contributed by atoms with Crippen molar-refractivity contribution in [3.8, 4) is 0 Å². The van der Waals surface area contributed by atoms with Crippen LogP contribution in [0.3, 0.4) is 0 Å². The van der Waals surface area contributed by atoms with Gasteiger partial charge in [0, 0.05) is 0 Å². The SMILES string of the molecule is CC(C)OP(=O)(CS)OC(C)C. The normalized spacial score (nSPS) is 12.9. The largest absolute Gasteiger partial charge is 0.340 e. The Hall–Kier alpha value is 0.500. The predicted octanol–water partition coefficient (Wildman–Crippen LogP) is 2.92. The zero-order valence-electron chi connectivity index (χ0n) is 7.98. The van der Waals surface area contributed by atoms with Gasteiger partial charge < -0.3 is 9.05 Å². The van der Waals surface area contributed by atoms with Crippen LogP contribution in [-0.4, -0.2) is 17.7 Å². The van der Waals surface area contributed by atoms with Gasteiger partial charge in [0.2, 0.25) is 0 Å². The molecule has 0 aromatic carbocycles. The van der Waals surface area contributed by atoms with Gasteiger partial charge in [0.25, 0.3) is 0 Å². The minimum Gasteiger partial charge on any atom is -0.305 e. The van der Waals surface area contributed by atoms with E-state index in [2.05, 4.69) is 12.6 Å². The Labute approximate surface area is 79.8 Å². The van der Waals surface area contributed by atoms with Gasteiger partial charge in [0.05, 0.1) is 17.7 Å². The lowest BCUT2D eigenvalue weighted by molar-refractivity contribution is 0.145. The van der Waals surface area contributed by atoms with E-state index in [9.17, 15) is 4.57 Å². The molecule has 0 unspecified atom stereocenters. The first kappa shape index (κ1) is 12.5. The highest BCUT2D eigenvalue weighted by Gasteiger charge is 2.25. The van der Waals surface area contributed by atoms with Crippen LogP contribution >= 0.6 is 20.2 Å². The second-order valence-corrected chi connectivity index (χ2v) is 5.84. The highest BCUT2D eigenvalue weighted by Crippen LogP contribution is 2.50. The zero-order valence-corrected chi connectivity index (χ0v) is 9.77. The first-order valence-electron chi connectivity index (χ1n) is 3.96. The van der Waals surface area contributed by atoms with Crippen molar-refractivity contribution >= 4 is 20.2 Å². The summed E-state index contributed by atoms with van der Waals surface area (Å²) < 4.78 is 22.0. The second kappa shape index (κ2) is 5.28. The Bertz CT molecular complexity index is 156. The minimum absolute atomic E-state index is 0.0956. The molecule has 0 atom stereocenters. The van der Waals surface area contributed by atoms with Crippen molar-refractivity contribution in [3.05, 3.63) is 0 Å². The molecular formula is C7H17O3PS. The molecule has 3 nitrogen and oxygen atoms in total. The summed E-state index contributed by atoms with van der Waals surface area (Å²) >= 11 is 3.94. The van der Waals surface area contributed by atoms with Gasteiger partial charge in [-0.2, -0.15) is 12.6 Å². The maximum Gasteiger partial charge on any atom is 0.340 e. The molecule has 0 radical (unpaired) electrons. The van der Waals surface area contributed by atoms with Crippen molar-refractivity contribution in [3.63, 3.8) is 0 Å². The van der Waals surface area contributed by atoms with E-state index in [0.717, 1.165) is 0 Å². The van der Waals surface area contributed by atoms with Gasteiger partial charge in [-0.3, -0.25) is 4.57 Å². The molecule has 0 aromatic rings. The molecular weight excluding hydrogens is 195 g/mol. The molecule has 0 saturated carbocycles. The van der Waals surface area contributed by atoms with Crippen molar-refractivity contribution < 1.29 is 13.6 Å². The molecule has 74 valence electrons. The lowest BCUT2D eigenvalue weighted by Gasteiger charge is -2.20. The van der Waals surface area contributed by atoms with E-state index < -0.39 is 7.60 Å². The molecule has 0 bridgehead atoms. The van der Waals surface area contributed by atoms with E-state index in [1.807, 2.05) is 27.7 Å². The summed E-state index contributed by atoms with van der Waals surface area (Å²) in [6.45, 7) is 7.28. The molecule has 0 aromatic heterocycles. The Balaban J connectivity index is 4.15. The van der Waals surface area contributed by atoms with Crippen LogP contribution in [0.5, 0.6) is 0 Å². The zero-order chi connectivity index (χ0) is 9.78. The van der Waals surface area contributed by atoms with Crippen LogP contribution in [-0.2, 0) is 13.6 Å². The number of thiol groups is 1. The summed E-state index contributed by atoms with van der Waals surface area (Å²) in [5, 5.41) is 0. The monoisotopic (exact) mass is 212 g/mol. The first-order chi connectivity index (χ1) is 5.39. The molecule has 0 spiro atoms. The molecule has 12 heavy (non-hydrogen) atoms. The van der Waals surface area contributed by atoms with Crippen LogP contribution in [0.1, 0.15) is 27.7 Å². The van der Waals surface area contributed by atoms with E-state index in [1.165, 1.54) is 0 Å². The van der Waals surface area contributed by atoms with E-state index in [1.54, 1.807) is 0 Å². The molecule has 0 fully saturated rings. The molecule has 0 rings (SSSR count). The van der Waals surface area contributed by atoms with Crippen LogP contribution in [0.4, 0.5) is 0 Å². The van der Waals surface area contributed by atoms with E-state index in [-0.39, 0.29) is 17.7 Å². The number of hydrogen-bond donors (Lipinski definition) is 1. The fourth-order valence-corrected chi connectivity index (χ4v) is 2.60. The average Bonchev–Trinajstić information content (AvgIpc) is 1.83. The average molecular weight is 212 g/mol. The Kier molecular flexibility index (Phi) is 5.50. The second-order valence-electron chi connectivity index (χ2n) is 3.06. The fourth-order valence-electron chi connectivity index (χ4n) is 0.734. The van der Waals surface area contributed by atoms with E-state index >= 15 is 0 Å². The lowest BCUT2D eigenvalue weighted by atomic mass is 10.5. The van der Waals surface area contributed by atoms with Gasteiger partial charge in [-0.1, -0.05) is 0 Å². The molecule has 0 amide bonds. The Morgan fingerprint density at radius 1 is 1.17 bits per heavy atom. The summed E-state index contributed by atoms with van der Waals surface area (Å²) in [4.78, 5) is 0. The van der Waals surface area contributed by atoms with E-state index in [4.69, 9.17) is 9.05 Å². The van der Waals surface area contributed by atoms with Gasteiger partial charge in [-0.05, 0) is 27.7 Å². The maximum atomic E-state index is 11.7. The van der Waals surface area contributed by atoms with E-state index in [0.29, 0.717) is 0 Å². The number of rotatable bonds is 5. The minimum atomic E-state index is -2.95. The van der Waals surface area contributed by atoms with Crippen molar-refractivity contribution in [2.75, 3.05) is 5.49 Å². The first-order valence-corrected chi connectivity index (χ1v) is 6.32. The molecule has 0 aliphatic heterocycles. The molecule has 0 saturated heterocycles. The maximum absolute atomic E-state index is 11.7. The topological polar surface area (TPSA) is 35.5 Å².